The predicted octanol–water partition coefficient (Wildman–Crippen LogP) is 4.22. The average Bonchev–Trinajstić information content (AvgIpc) is 2.60. The fourth-order valence-corrected chi connectivity index (χ4v) is 2.59. The summed E-state index contributed by atoms with van der Waals surface area (Å²) in [5.74, 6) is -1.12. The molecular formula is C21H21F2NO2. The molecule has 0 spiro atoms. The highest BCUT2D eigenvalue weighted by Crippen LogP contribution is 2.24. The maximum atomic E-state index is 13.2. The minimum atomic E-state index is -0.348. The largest absolute Gasteiger partial charge is 0.339 e. The van der Waals surface area contributed by atoms with Crippen LogP contribution in [0, 0.1) is 11.6 Å². The molecule has 26 heavy (non-hydrogen) atoms. The lowest BCUT2D eigenvalue weighted by atomic mass is 9.97. The maximum Gasteiger partial charge on any atom is 0.230 e. The normalized spacial score (nSPS) is 10.3. The van der Waals surface area contributed by atoms with Crippen LogP contribution in [0.1, 0.15) is 31.4 Å². The second-order valence-electron chi connectivity index (χ2n) is 5.94. The SMILES string of the molecule is CCN(CC=C(c1ccc(F)cc1)c1ccc(F)cc1)C(=O)CC(C)=O. The van der Waals surface area contributed by atoms with Gasteiger partial charge in [0.05, 0.1) is 6.42 Å². The van der Waals surface area contributed by atoms with E-state index in [0.717, 1.165) is 16.7 Å². The van der Waals surface area contributed by atoms with Gasteiger partial charge in [0.2, 0.25) is 5.91 Å². The maximum absolute atomic E-state index is 13.2. The van der Waals surface area contributed by atoms with Crippen LogP contribution >= 0.6 is 0 Å². The van der Waals surface area contributed by atoms with Crippen molar-refractivity contribution in [2.24, 2.45) is 0 Å². The Hall–Kier alpha value is -2.82. The van der Waals surface area contributed by atoms with Crippen molar-refractivity contribution in [3.05, 3.63) is 77.4 Å². The van der Waals surface area contributed by atoms with Gasteiger partial charge in [0.25, 0.3) is 0 Å². The molecule has 5 heteroatoms. The third kappa shape index (κ3) is 5.34. The summed E-state index contributed by atoms with van der Waals surface area (Å²) < 4.78 is 26.5. The minimum Gasteiger partial charge on any atom is -0.339 e. The minimum absolute atomic E-state index is 0.135. The van der Waals surface area contributed by atoms with E-state index in [9.17, 15) is 18.4 Å². The van der Waals surface area contributed by atoms with Crippen LogP contribution in [0.2, 0.25) is 0 Å². The number of carbonyl (C=O) groups excluding carboxylic acids is 2. The van der Waals surface area contributed by atoms with Crippen LogP contribution in [0.25, 0.3) is 5.57 Å². The lowest BCUT2D eigenvalue weighted by molar-refractivity contribution is -0.134. The number of nitrogens with zero attached hydrogens (tertiary/aromatic N) is 1. The van der Waals surface area contributed by atoms with E-state index in [2.05, 4.69) is 0 Å². The first kappa shape index (κ1) is 19.5. The number of amides is 1. The van der Waals surface area contributed by atoms with Gasteiger partial charge in [-0.15, -0.1) is 0 Å². The predicted molar refractivity (Wildman–Crippen MR) is 97.4 cm³/mol. The molecule has 0 heterocycles. The molecule has 2 aromatic carbocycles. The van der Waals surface area contributed by atoms with Crippen LogP contribution in [0.4, 0.5) is 8.78 Å². The van der Waals surface area contributed by atoms with Gasteiger partial charge >= 0.3 is 0 Å². The first-order valence-electron chi connectivity index (χ1n) is 8.40. The van der Waals surface area contributed by atoms with Crippen molar-refractivity contribution in [1.29, 1.82) is 0 Å². The van der Waals surface area contributed by atoms with E-state index in [-0.39, 0.29) is 29.7 Å². The number of ketones is 1. The molecule has 0 bridgehead atoms. The fourth-order valence-electron chi connectivity index (χ4n) is 2.59. The zero-order valence-electron chi connectivity index (χ0n) is 14.8. The molecule has 0 atom stereocenters. The molecule has 0 aliphatic heterocycles. The summed E-state index contributed by atoms with van der Waals surface area (Å²) >= 11 is 0. The van der Waals surface area contributed by atoms with E-state index in [1.165, 1.54) is 31.2 Å². The van der Waals surface area contributed by atoms with Crippen LogP contribution < -0.4 is 0 Å². The molecule has 1 amide bonds. The number of carbonyl (C=O) groups is 2. The number of benzene rings is 2. The number of rotatable bonds is 7. The molecule has 0 unspecified atom stereocenters. The standard InChI is InChI=1S/C21H21F2NO2/c1-3-24(21(26)14-15(2)25)13-12-20(16-4-8-18(22)9-5-16)17-6-10-19(23)11-7-17/h4-12H,3,13-14H2,1-2H3. The Morgan fingerprint density at radius 1 is 0.923 bits per heavy atom. The van der Waals surface area contributed by atoms with Crippen LogP contribution in [-0.2, 0) is 9.59 Å². The molecule has 0 fully saturated rings. The van der Waals surface area contributed by atoms with Gasteiger partial charge in [-0.3, -0.25) is 9.59 Å². The monoisotopic (exact) mass is 357 g/mol. The average molecular weight is 357 g/mol. The Balaban J connectivity index is 2.34. The molecule has 0 saturated heterocycles. The molecule has 0 N–H and O–H groups in total. The highest BCUT2D eigenvalue weighted by atomic mass is 19.1. The molecule has 2 aromatic rings. The molecule has 2 rings (SSSR count). The van der Waals surface area contributed by atoms with Gasteiger partial charge in [0.1, 0.15) is 17.4 Å². The summed E-state index contributed by atoms with van der Waals surface area (Å²) in [5.41, 5.74) is 2.28. The van der Waals surface area contributed by atoms with Crippen molar-refractivity contribution in [2.45, 2.75) is 20.3 Å². The van der Waals surface area contributed by atoms with Crippen molar-refractivity contribution in [2.75, 3.05) is 13.1 Å². The first-order valence-corrected chi connectivity index (χ1v) is 8.40. The van der Waals surface area contributed by atoms with Crippen LogP contribution in [0.3, 0.4) is 0 Å². The van der Waals surface area contributed by atoms with E-state index in [1.54, 1.807) is 29.2 Å². The number of hydrogen-bond donors (Lipinski definition) is 0. The Morgan fingerprint density at radius 3 is 1.77 bits per heavy atom. The second-order valence-corrected chi connectivity index (χ2v) is 5.94. The van der Waals surface area contributed by atoms with E-state index in [4.69, 9.17) is 0 Å². The Morgan fingerprint density at radius 2 is 1.38 bits per heavy atom. The number of likely N-dealkylation sites (N-methyl/N-ethyl adjacent to an activating group) is 1. The van der Waals surface area contributed by atoms with Crippen molar-refractivity contribution in [1.82, 2.24) is 4.90 Å². The number of Topliss-reactive ketones (excluding diaryl/α,β-unsaturated/α-hetero) is 1. The highest BCUT2D eigenvalue weighted by molar-refractivity contribution is 5.97. The van der Waals surface area contributed by atoms with Gasteiger partial charge in [-0.05, 0) is 54.8 Å². The molecule has 0 saturated carbocycles. The number of hydrogen-bond acceptors (Lipinski definition) is 2. The number of halogens is 2. The fraction of sp³-hybridized carbons (Fsp3) is 0.238. The zero-order chi connectivity index (χ0) is 19.1. The van der Waals surface area contributed by atoms with Gasteiger partial charge in [-0.1, -0.05) is 30.3 Å². The Labute approximate surface area is 151 Å². The molecule has 0 aliphatic rings. The summed E-state index contributed by atoms with van der Waals surface area (Å²) in [4.78, 5) is 24.9. The van der Waals surface area contributed by atoms with Crippen molar-refractivity contribution >= 4 is 17.3 Å². The Kier molecular flexibility index (Phi) is 6.78. The molecular weight excluding hydrogens is 336 g/mol. The van der Waals surface area contributed by atoms with Crippen molar-refractivity contribution < 1.29 is 18.4 Å². The van der Waals surface area contributed by atoms with Gasteiger partial charge in [0, 0.05) is 13.1 Å². The first-order chi connectivity index (χ1) is 12.4. The molecule has 0 aromatic heterocycles. The molecule has 3 nitrogen and oxygen atoms in total. The highest BCUT2D eigenvalue weighted by Gasteiger charge is 2.13. The van der Waals surface area contributed by atoms with Crippen LogP contribution in [0.5, 0.6) is 0 Å². The topological polar surface area (TPSA) is 37.4 Å². The summed E-state index contributed by atoms with van der Waals surface area (Å²) in [7, 11) is 0. The summed E-state index contributed by atoms with van der Waals surface area (Å²) in [5, 5.41) is 0. The van der Waals surface area contributed by atoms with Gasteiger partial charge in [0.15, 0.2) is 0 Å². The van der Waals surface area contributed by atoms with E-state index in [1.807, 2.05) is 13.0 Å². The van der Waals surface area contributed by atoms with Crippen LogP contribution in [-0.4, -0.2) is 29.7 Å². The second kappa shape index (κ2) is 9.04. The van der Waals surface area contributed by atoms with Gasteiger partial charge < -0.3 is 4.90 Å². The Bertz CT molecular complexity index is 748. The summed E-state index contributed by atoms with van der Waals surface area (Å²) in [6.07, 6.45) is 1.70. The molecule has 136 valence electrons. The van der Waals surface area contributed by atoms with Gasteiger partial charge in [-0.2, -0.15) is 0 Å². The smallest absolute Gasteiger partial charge is 0.230 e. The van der Waals surface area contributed by atoms with Crippen LogP contribution in [0.15, 0.2) is 54.6 Å². The zero-order valence-corrected chi connectivity index (χ0v) is 14.8. The van der Waals surface area contributed by atoms with E-state index >= 15 is 0 Å². The van der Waals surface area contributed by atoms with Crippen molar-refractivity contribution in [3.63, 3.8) is 0 Å². The van der Waals surface area contributed by atoms with E-state index < -0.39 is 0 Å². The summed E-state index contributed by atoms with van der Waals surface area (Å²) in [6, 6.07) is 12.0. The van der Waals surface area contributed by atoms with Crippen molar-refractivity contribution in [3.8, 4) is 0 Å². The summed E-state index contributed by atoms with van der Waals surface area (Å²) in [6.45, 7) is 3.97. The van der Waals surface area contributed by atoms with E-state index in [0.29, 0.717) is 13.1 Å². The quantitative estimate of drug-likeness (QED) is 0.696. The lowest BCUT2D eigenvalue weighted by Gasteiger charge is -2.19. The lowest BCUT2D eigenvalue weighted by Crippen LogP contribution is -2.32. The third-order valence-electron chi connectivity index (χ3n) is 3.96. The molecule has 0 radical (unpaired) electrons. The molecule has 0 aliphatic carbocycles. The third-order valence-corrected chi connectivity index (χ3v) is 3.96. The van der Waals surface area contributed by atoms with Gasteiger partial charge in [-0.25, -0.2) is 8.78 Å².